The van der Waals surface area contributed by atoms with E-state index in [9.17, 15) is 4.79 Å². The van der Waals surface area contributed by atoms with Crippen LogP contribution in [0.25, 0.3) is 0 Å². The molecule has 1 atom stereocenters. The van der Waals surface area contributed by atoms with E-state index in [0.29, 0.717) is 5.25 Å². The number of aliphatic carboxylic acids is 1. The highest BCUT2D eigenvalue weighted by atomic mass is 32.2. The van der Waals surface area contributed by atoms with Crippen molar-refractivity contribution in [1.29, 1.82) is 0 Å². The first-order valence-corrected chi connectivity index (χ1v) is 6.83. The summed E-state index contributed by atoms with van der Waals surface area (Å²) < 4.78 is 0. The van der Waals surface area contributed by atoms with Crippen molar-refractivity contribution in [3.8, 4) is 0 Å². The SMILES string of the molecule is O=C(O)CSCC1Cc2ccccc2S1. The summed E-state index contributed by atoms with van der Waals surface area (Å²) in [6.07, 6.45) is 1.08. The number of benzene rings is 1. The van der Waals surface area contributed by atoms with Crippen molar-refractivity contribution in [3.05, 3.63) is 29.8 Å². The van der Waals surface area contributed by atoms with Gasteiger partial charge in [0.25, 0.3) is 0 Å². The molecule has 1 aliphatic heterocycles. The third-order valence-corrected chi connectivity index (χ3v) is 4.86. The quantitative estimate of drug-likeness (QED) is 0.877. The van der Waals surface area contributed by atoms with Crippen LogP contribution in [0.3, 0.4) is 0 Å². The van der Waals surface area contributed by atoms with Gasteiger partial charge in [0.1, 0.15) is 0 Å². The molecule has 0 bridgehead atoms. The van der Waals surface area contributed by atoms with Crippen molar-refractivity contribution in [2.75, 3.05) is 11.5 Å². The van der Waals surface area contributed by atoms with Crippen molar-refractivity contribution in [3.63, 3.8) is 0 Å². The summed E-state index contributed by atoms with van der Waals surface area (Å²) in [7, 11) is 0. The molecule has 0 aromatic heterocycles. The minimum atomic E-state index is -0.722. The van der Waals surface area contributed by atoms with Crippen LogP contribution in [0, 0.1) is 0 Å². The van der Waals surface area contributed by atoms with Crippen molar-refractivity contribution in [2.45, 2.75) is 16.6 Å². The van der Waals surface area contributed by atoms with Crippen LogP contribution in [0.15, 0.2) is 29.2 Å². The molecule has 0 radical (unpaired) electrons. The van der Waals surface area contributed by atoms with E-state index in [0.717, 1.165) is 12.2 Å². The normalized spacial score (nSPS) is 18.8. The molecule has 15 heavy (non-hydrogen) atoms. The Morgan fingerprint density at radius 3 is 3.07 bits per heavy atom. The lowest BCUT2D eigenvalue weighted by Crippen LogP contribution is -2.07. The molecule has 2 rings (SSSR count). The number of carboxylic acid groups (broad SMARTS) is 1. The molecule has 4 heteroatoms. The zero-order chi connectivity index (χ0) is 10.7. The number of hydrogen-bond donors (Lipinski definition) is 1. The van der Waals surface area contributed by atoms with Crippen LogP contribution in [0.2, 0.25) is 0 Å². The van der Waals surface area contributed by atoms with Crippen LogP contribution in [-0.2, 0) is 11.2 Å². The Bertz CT molecular complexity index is 340. The summed E-state index contributed by atoms with van der Waals surface area (Å²) in [6, 6.07) is 8.41. The van der Waals surface area contributed by atoms with Gasteiger partial charge >= 0.3 is 5.97 Å². The standard InChI is InChI=1S/C11H12O2S2/c12-11(13)7-14-6-9-5-8-3-1-2-4-10(8)15-9/h1-4,9H,5-7H2,(H,12,13). The molecule has 1 N–H and O–H groups in total. The fourth-order valence-electron chi connectivity index (χ4n) is 1.62. The summed E-state index contributed by atoms with van der Waals surface area (Å²) in [5, 5.41) is 9.08. The Morgan fingerprint density at radius 2 is 2.33 bits per heavy atom. The zero-order valence-corrected chi connectivity index (χ0v) is 9.81. The number of carbonyl (C=O) groups is 1. The molecule has 1 aromatic rings. The number of thioether (sulfide) groups is 2. The van der Waals surface area contributed by atoms with Crippen LogP contribution >= 0.6 is 23.5 Å². The summed E-state index contributed by atoms with van der Waals surface area (Å²) in [5.74, 6) is 0.416. The Hall–Kier alpha value is -0.610. The van der Waals surface area contributed by atoms with E-state index >= 15 is 0 Å². The molecule has 80 valence electrons. The van der Waals surface area contributed by atoms with Crippen LogP contribution < -0.4 is 0 Å². The van der Waals surface area contributed by atoms with Crippen LogP contribution in [-0.4, -0.2) is 27.8 Å². The van der Waals surface area contributed by atoms with E-state index in [1.165, 1.54) is 22.2 Å². The van der Waals surface area contributed by atoms with Crippen molar-refractivity contribution >= 4 is 29.5 Å². The van der Waals surface area contributed by atoms with E-state index in [1.807, 2.05) is 11.8 Å². The molecule has 0 amide bonds. The van der Waals surface area contributed by atoms with Gasteiger partial charge < -0.3 is 5.11 Å². The maximum atomic E-state index is 10.4. The smallest absolute Gasteiger partial charge is 0.313 e. The molecule has 1 aromatic carbocycles. The summed E-state index contributed by atoms with van der Waals surface area (Å²) >= 11 is 3.38. The van der Waals surface area contributed by atoms with Crippen molar-refractivity contribution in [2.24, 2.45) is 0 Å². The van der Waals surface area contributed by atoms with Gasteiger partial charge in [0, 0.05) is 15.9 Å². The van der Waals surface area contributed by atoms with Crippen molar-refractivity contribution in [1.82, 2.24) is 0 Å². The second kappa shape index (κ2) is 4.94. The van der Waals surface area contributed by atoms with Gasteiger partial charge in [0.15, 0.2) is 0 Å². The van der Waals surface area contributed by atoms with Gasteiger partial charge in [-0.3, -0.25) is 4.79 Å². The minimum absolute atomic E-state index is 0.216. The maximum Gasteiger partial charge on any atom is 0.313 e. The fourth-order valence-corrected chi connectivity index (χ4v) is 3.94. The number of hydrogen-bond acceptors (Lipinski definition) is 3. The summed E-state index contributed by atoms with van der Waals surface area (Å²) in [6.45, 7) is 0. The predicted octanol–water partition coefficient (Wildman–Crippen LogP) is 2.52. The molecular weight excluding hydrogens is 228 g/mol. The van der Waals surface area contributed by atoms with Gasteiger partial charge in [-0.2, -0.15) is 0 Å². The second-order valence-electron chi connectivity index (χ2n) is 3.46. The highest BCUT2D eigenvalue weighted by Crippen LogP contribution is 2.37. The molecular formula is C11H12O2S2. The molecule has 1 aliphatic rings. The molecule has 0 saturated carbocycles. The van der Waals surface area contributed by atoms with E-state index in [4.69, 9.17) is 5.11 Å². The first-order valence-electron chi connectivity index (χ1n) is 4.80. The fraction of sp³-hybridized carbons (Fsp3) is 0.364. The third kappa shape index (κ3) is 2.92. The third-order valence-electron chi connectivity index (χ3n) is 2.24. The second-order valence-corrected chi connectivity index (χ2v) is 5.83. The van der Waals surface area contributed by atoms with E-state index in [1.54, 1.807) is 0 Å². The first kappa shape index (κ1) is 10.9. The molecule has 2 nitrogen and oxygen atoms in total. The molecule has 1 unspecified atom stereocenters. The predicted molar refractivity (Wildman–Crippen MR) is 64.8 cm³/mol. The number of carboxylic acids is 1. The lowest BCUT2D eigenvalue weighted by atomic mass is 10.1. The van der Waals surface area contributed by atoms with Gasteiger partial charge in [0.05, 0.1) is 5.75 Å². The highest BCUT2D eigenvalue weighted by molar-refractivity contribution is 8.03. The molecule has 0 fully saturated rings. The van der Waals surface area contributed by atoms with Gasteiger partial charge in [-0.15, -0.1) is 23.5 Å². The Kier molecular flexibility index (Phi) is 3.59. The molecule has 0 saturated heterocycles. The Balaban J connectivity index is 1.83. The minimum Gasteiger partial charge on any atom is -0.481 e. The van der Waals surface area contributed by atoms with E-state index in [-0.39, 0.29) is 5.75 Å². The lowest BCUT2D eigenvalue weighted by Gasteiger charge is -2.05. The van der Waals surface area contributed by atoms with Crippen LogP contribution in [0.5, 0.6) is 0 Å². The average molecular weight is 240 g/mol. The van der Waals surface area contributed by atoms with E-state index < -0.39 is 5.97 Å². The Morgan fingerprint density at radius 1 is 1.53 bits per heavy atom. The number of rotatable bonds is 4. The van der Waals surface area contributed by atoms with Gasteiger partial charge in [-0.05, 0) is 18.1 Å². The van der Waals surface area contributed by atoms with E-state index in [2.05, 4.69) is 24.3 Å². The largest absolute Gasteiger partial charge is 0.481 e. The molecule has 0 spiro atoms. The highest BCUT2D eigenvalue weighted by Gasteiger charge is 2.21. The summed E-state index contributed by atoms with van der Waals surface area (Å²) in [5.41, 5.74) is 1.41. The Labute approximate surface area is 97.5 Å². The zero-order valence-electron chi connectivity index (χ0n) is 8.18. The number of fused-ring (bicyclic) bond motifs is 1. The topological polar surface area (TPSA) is 37.3 Å². The van der Waals surface area contributed by atoms with Crippen LogP contribution in [0.1, 0.15) is 5.56 Å². The lowest BCUT2D eigenvalue weighted by molar-refractivity contribution is -0.133. The summed E-state index contributed by atoms with van der Waals surface area (Å²) in [4.78, 5) is 11.7. The van der Waals surface area contributed by atoms with Gasteiger partial charge in [-0.25, -0.2) is 0 Å². The first-order chi connectivity index (χ1) is 7.25. The average Bonchev–Trinajstić information content (AvgIpc) is 2.59. The molecule has 0 aliphatic carbocycles. The van der Waals surface area contributed by atoms with Gasteiger partial charge in [-0.1, -0.05) is 18.2 Å². The monoisotopic (exact) mass is 240 g/mol. The molecule has 1 heterocycles. The van der Waals surface area contributed by atoms with Crippen LogP contribution in [0.4, 0.5) is 0 Å². The van der Waals surface area contributed by atoms with Crippen molar-refractivity contribution < 1.29 is 9.90 Å². The maximum absolute atomic E-state index is 10.4. The van der Waals surface area contributed by atoms with Gasteiger partial charge in [0.2, 0.25) is 0 Å².